The highest BCUT2D eigenvalue weighted by atomic mass is 14.3. The third kappa shape index (κ3) is 62.6. The molecule has 0 aromatic heterocycles. The molecule has 6 saturated carbocycles. The molecule has 0 aliphatic heterocycles. The van der Waals surface area contributed by atoms with Gasteiger partial charge >= 0.3 is 0 Å². The number of hydrogen-bond acceptors (Lipinski definition) is 0. The Balaban J connectivity index is -0.000000277. The first-order valence-corrected chi connectivity index (χ1v) is 39.6. The molecule has 6 aliphatic carbocycles. The summed E-state index contributed by atoms with van der Waals surface area (Å²) in [6.07, 6.45) is 51.4. The molecule has 85 heavy (non-hydrogen) atoms. The zero-order valence-electron chi connectivity index (χ0n) is 66.6. The van der Waals surface area contributed by atoms with Crippen molar-refractivity contribution in [3.05, 3.63) is 0 Å². The minimum atomic E-state index is 0.550. The Morgan fingerprint density at radius 2 is 0.741 bits per heavy atom. The second-order valence-electron chi connectivity index (χ2n) is 34.5. The lowest BCUT2D eigenvalue weighted by Gasteiger charge is -2.36. The van der Waals surface area contributed by atoms with E-state index < -0.39 is 0 Å². The molecule has 0 aromatic carbocycles. The molecular formula is C85H180. The van der Waals surface area contributed by atoms with E-state index in [1.165, 1.54) is 231 Å². The summed E-state index contributed by atoms with van der Waals surface area (Å²) >= 11 is 0. The van der Waals surface area contributed by atoms with Crippen LogP contribution in [-0.2, 0) is 0 Å². The van der Waals surface area contributed by atoms with Crippen molar-refractivity contribution in [1.82, 2.24) is 0 Å². The lowest BCUT2D eigenvalue weighted by molar-refractivity contribution is 0.154. The molecular weight excluding hydrogens is 1020 g/mol. The molecule has 0 heterocycles. The van der Waals surface area contributed by atoms with Gasteiger partial charge in [-0.3, -0.25) is 0 Å². The molecule has 0 radical (unpaired) electrons. The highest BCUT2D eigenvalue weighted by molar-refractivity contribution is 4.80. The lowest BCUT2D eigenvalue weighted by Crippen LogP contribution is -2.24. The molecule has 0 bridgehead atoms. The average Bonchev–Trinajstić information content (AvgIpc) is 4.13. The van der Waals surface area contributed by atoms with E-state index in [4.69, 9.17) is 0 Å². The van der Waals surface area contributed by atoms with E-state index in [9.17, 15) is 0 Å². The van der Waals surface area contributed by atoms with Crippen LogP contribution in [0.15, 0.2) is 0 Å². The minimum absolute atomic E-state index is 0.550. The van der Waals surface area contributed by atoms with E-state index in [0.29, 0.717) is 16.2 Å². The molecule has 520 valence electrons. The topological polar surface area (TPSA) is 0 Å². The van der Waals surface area contributed by atoms with Gasteiger partial charge in [-0.25, -0.2) is 0 Å². The Hall–Kier alpha value is 0. The summed E-state index contributed by atoms with van der Waals surface area (Å²) < 4.78 is 0. The summed E-state index contributed by atoms with van der Waals surface area (Å²) in [5, 5.41) is 0. The second-order valence-corrected chi connectivity index (χ2v) is 34.5. The molecule has 0 heteroatoms. The number of rotatable bonds is 15. The Morgan fingerprint density at radius 3 is 0.918 bits per heavy atom. The van der Waals surface area contributed by atoms with E-state index in [1.807, 2.05) is 0 Å². The number of unbranched alkanes of at least 4 members (excludes halogenated alkanes) is 2. The van der Waals surface area contributed by atoms with Gasteiger partial charge in [0.1, 0.15) is 0 Å². The van der Waals surface area contributed by atoms with Gasteiger partial charge in [-0.1, -0.05) is 420 Å². The van der Waals surface area contributed by atoms with Crippen LogP contribution in [0.1, 0.15) is 446 Å². The maximum absolute atomic E-state index is 2.40. The van der Waals surface area contributed by atoms with E-state index in [1.54, 1.807) is 0 Å². The fraction of sp³-hybridized carbons (Fsp3) is 1.00. The molecule has 0 N–H and O–H groups in total. The molecule has 0 aromatic rings. The van der Waals surface area contributed by atoms with Gasteiger partial charge in [0.2, 0.25) is 0 Å². The zero-order valence-corrected chi connectivity index (χ0v) is 66.6. The Kier molecular flexibility index (Phi) is 65.1. The highest BCUT2D eigenvalue weighted by Gasteiger charge is 2.28. The van der Waals surface area contributed by atoms with Crippen molar-refractivity contribution in [2.45, 2.75) is 446 Å². The fourth-order valence-electron chi connectivity index (χ4n) is 12.8. The van der Waals surface area contributed by atoms with Gasteiger partial charge in [0.25, 0.3) is 0 Å². The molecule has 6 atom stereocenters. The van der Waals surface area contributed by atoms with Crippen LogP contribution in [0.4, 0.5) is 0 Å². The maximum atomic E-state index is 2.40. The van der Waals surface area contributed by atoms with Crippen molar-refractivity contribution in [3.8, 4) is 0 Å². The normalized spacial score (nSPS) is 23.9. The summed E-state index contributed by atoms with van der Waals surface area (Å²) in [5.41, 5.74) is 1.85. The molecule has 0 spiro atoms. The van der Waals surface area contributed by atoms with Crippen LogP contribution in [0.3, 0.4) is 0 Å². The Morgan fingerprint density at radius 1 is 0.376 bits per heavy atom. The second kappa shape index (κ2) is 59.0. The molecule has 0 nitrogen and oxygen atoms in total. The van der Waals surface area contributed by atoms with Crippen molar-refractivity contribution in [2.75, 3.05) is 0 Å². The third-order valence-electron chi connectivity index (χ3n) is 22.2. The lowest BCUT2D eigenvalue weighted by atomic mass is 9.70. The predicted octanol–water partition coefficient (Wildman–Crippen LogP) is 31.8. The van der Waals surface area contributed by atoms with Gasteiger partial charge in [0.05, 0.1) is 0 Å². The number of hydrogen-bond donors (Lipinski definition) is 0. The van der Waals surface area contributed by atoms with Gasteiger partial charge in [-0.15, -0.1) is 0 Å². The van der Waals surface area contributed by atoms with Gasteiger partial charge in [-0.2, -0.15) is 0 Å². The van der Waals surface area contributed by atoms with Gasteiger partial charge in [-0.05, 0) is 131 Å². The van der Waals surface area contributed by atoms with E-state index in [0.717, 1.165) is 88.8 Å². The predicted molar refractivity (Wildman–Crippen MR) is 402 cm³/mol. The van der Waals surface area contributed by atoms with Gasteiger partial charge in [0.15, 0.2) is 0 Å². The molecule has 6 rings (SSSR count). The summed E-state index contributed by atoms with van der Waals surface area (Å²) in [6.45, 7) is 71.8. The summed E-state index contributed by atoms with van der Waals surface area (Å²) in [5.74, 6) is 14.7. The van der Waals surface area contributed by atoms with Crippen LogP contribution in [-0.4, -0.2) is 0 Å². The van der Waals surface area contributed by atoms with E-state index >= 15 is 0 Å². The molecule has 0 amide bonds. The summed E-state index contributed by atoms with van der Waals surface area (Å²) in [7, 11) is 0. The SMILES string of the molecule is CC(C)C1CCC1.CC(C)C1CCCC1.CC1CCC(C)(C)CC1.CC1CCCC(C)C1C.CC1CCCC[C@H]1C.CCC(CC)CC.CCCC(C)(C)C.CCCCC(C)C.CCCCC(C)C.CCC[C@H](C)CC.C[C@@H]1CCCCC1(C)C. The van der Waals surface area contributed by atoms with E-state index in [2.05, 4.69) is 215 Å². The first-order valence-electron chi connectivity index (χ1n) is 39.6. The molecule has 0 saturated heterocycles. The summed E-state index contributed by atoms with van der Waals surface area (Å²) in [6, 6.07) is 0. The minimum Gasteiger partial charge on any atom is -0.0654 e. The van der Waals surface area contributed by atoms with Crippen molar-refractivity contribution >= 4 is 0 Å². The summed E-state index contributed by atoms with van der Waals surface area (Å²) in [4.78, 5) is 0. The third-order valence-corrected chi connectivity index (χ3v) is 22.2. The molecule has 6 aliphatic rings. The van der Waals surface area contributed by atoms with Crippen LogP contribution in [0.2, 0.25) is 0 Å². The quantitative estimate of drug-likeness (QED) is 0.153. The standard InChI is InChI=1S/3C9H18.2C8H16.C7H14.5C7H16/c1-8-4-6-9(2,3)7-5-8;1-8-6-4-5-7-9(8,2)3;1-7-5-4-6-8(2)9(7)3;1-7-5-3-4-6-8(7)2;1-7(2)8-5-3-4-6-8;1-6(2)7-4-3-5-7;1-5-6-7(2,3)4;2*1-4-5-6-7(2)3;1-4-6-7(3)5-2;1-4-7(5-2)6-3/h2*8H,4-7H2,1-3H3;7-9H,4-6H2,1-3H3;2*7-8H,3-6H2,1-2H3;6-7H,3-5H2,1-2H3;5-6H2,1-4H3;4*7H,4-6H2,1-3H3/t;8-;;7-,8?;;;;;;7-;/m.1.1.....1./s1. The van der Waals surface area contributed by atoms with E-state index in [-0.39, 0.29) is 0 Å². The van der Waals surface area contributed by atoms with Crippen LogP contribution < -0.4 is 0 Å². The van der Waals surface area contributed by atoms with Crippen molar-refractivity contribution in [1.29, 1.82) is 0 Å². The monoisotopic (exact) mass is 1200 g/mol. The van der Waals surface area contributed by atoms with Crippen LogP contribution in [0, 0.1) is 105 Å². The highest BCUT2D eigenvalue weighted by Crippen LogP contribution is 2.40. The van der Waals surface area contributed by atoms with Gasteiger partial charge in [0, 0.05) is 0 Å². The Bertz CT molecular complexity index is 1220. The average molecular weight is 1200 g/mol. The van der Waals surface area contributed by atoms with Crippen LogP contribution >= 0.6 is 0 Å². The zero-order chi connectivity index (χ0) is 66.6. The first kappa shape index (κ1) is 93.7. The van der Waals surface area contributed by atoms with Crippen LogP contribution in [0.25, 0.3) is 0 Å². The largest absolute Gasteiger partial charge is 0.0654 e. The molecule has 3 unspecified atom stereocenters. The molecule has 6 fully saturated rings. The van der Waals surface area contributed by atoms with Crippen molar-refractivity contribution in [2.24, 2.45) is 105 Å². The fourth-order valence-corrected chi connectivity index (χ4v) is 12.8. The van der Waals surface area contributed by atoms with Gasteiger partial charge < -0.3 is 0 Å². The first-order chi connectivity index (χ1) is 39.6. The van der Waals surface area contributed by atoms with Crippen molar-refractivity contribution in [3.63, 3.8) is 0 Å². The van der Waals surface area contributed by atoms with Crippen LogP contribution in [0.5, 0.6) is 0 Å². The maximum Gasteiger partial charge on any atom is -0.0329 e. The Labute approximate surface area is 547 Å². The smallest absolute Gasteiger partial charge is 0.0329 e. The van der Waals surface area contributed by atoms with Crippen molar-refractivity contribution < 1.29 is 0 Å².